The quantitative estimate of drug-likeness (QED) is 0.820. The van der Waals surface area contributed by atoms with Gasteiger partial charge in [-0.05, 0) is 49.9 Å². The van der Waals surface area contributed by atoms with Crippen LogP contribution in [0.4, 0.5) is 14.5 Å². The van der Waals surface area contributed by atoms with Crippen LogP contribution in [0.3, 0.4) is 0 Å². The van der Waals surface area contributed by atoms with Gasteiger partial charge in [-0.25, -0.2) is 0 Å². The summed E-state index contributed by atoms with van der Waals surface area (Å²) in [5, 5.41) is 11.7. The van der Waals surface area contributed by atoms with E-state index in [1.807, 2.05) is 11.0 Å². The standard InChI is InChI=1S/C19H19F2N3O2/c1-13(18(25)23-16-5-3-4-15(10-16)11-22)24(2)12-14-6-8-17(9-7-14)26-19(20)21/h3-10,13,19H,12H2,1-2H3,(H,23,25)/t13-/m0/s1. The third kappa shape index (κ3) is 5.53. The van der Waals surface area contributed by atoms with Crippen molar-refractivity contribution in [3.05, 3.63) is 59.7 Å². The highest BCUT2D eigenvalue weighted by atomic mass is 19.3. The molecule has 0 aliphatic rings. The molecule has 0 radical (unpaired) electrons. The Morgan fingerprint density at radius 2 is 1.96 bits per heavy atom. The van der Waals surface area contributed by atoms with Gasteiger partial charge in [0.25, 0.3) is 0 Å². The first kappa shape index (κ1) is 19.3. The van der Waals surface area contributed by atoms with Gasteiger partial charge in [-0.2, -0.15) is 14.0 Å². The third-order valence-corrected chi connectivity index (χ3v) is 3.88. The smallest absolute Gasteiger partial charge is 0.387 e. The predicted molar refractivity (Wildman–Crippen MR) is 93.8 cm³/mol. The number of ether oxygens (including phenoxy) is 1. The number of benzene rings is 2. The molecule has 0 saturated heterocycles. The van der Waals surface area contributed by atoms with E-state index < -0.39 is 12.7 Å². The zero-order valence-corrected chi connectivity index (χ0v) is 14.4. The number of anilines is 1. The van der Waals surface area contributed by atoms with Gasteiger partial charge in [0.2, 0.25) is 5.91 Å². The van der Waals surface area contributed by atoms with E-state index >= 15 is 0 Å². The van der Waals surface area contributed by atoms with E-state index in [9.17, 15) is 13.6 Å². The Balaban J connectivity index is 1.94. The van der Waals surface area contributed by atoms with Crippen LogP contribution >= 0.6 is 0 Å². The van der Waals surface area contributed by atoms with Gasteiger partial charge in [0.15, 0.2) is 0 Å². The second-order valence-corrected chi connectivity index (χ2v) is 5.80. The fourth-order valence-corrected chi connectivity index (χ4v) is 2.31. The van der Waals surface area contributed by atoms with Gasteiger partial charge in [-0.15, -0.1) is 0 Å². The fourth-order valence-electron chi connectivity index (χ4n) is 2.31. The number of nitrogens with zero attached hydrogens (tertiary/aromatic N) is 2. The van der Waals surface area contributed by atoms with Crippen LogP contribution in [0.5, 0.6) is 5.75 Å². The lowest BCUT2D eigenvalue weighted by Crippen LogP contribution is -2.39. The van der Waals surface area contributed by atoms with Crippen molar-refractivity contribution in [2.24, 2.45) is 0 Å². The largest absolute Gasteiger partial charge is 0.435 e. The van der Waals surface area contributed by atoms with Gasteiger partial charge >= 0.3 is 6.61 Å². The molecule has 0 spiro atoms. The Labute approximate surface area is 150 Å². The van der Waals surface area contributed by atoms with Gasteiger partial charge in [-0.3, -0.25) is 9.69 Å². The van der Waals surface area contributed by atoms with Gasteiger partial charge in [0.05, 0.1) is 17.7 Å². The van der Waals surface area contributed by atoms with Crippen molar-refractivity contribution < 1.29 is 18.3 Å². The summed E-state index contributed by atoms with van der Waals surface area (Å²) in [7, 11) is 1.79. The van der Waals surface area contributed by atoms with Crippen molar-refractivity contribution in [3.8, 4) is 11.8 Å². The lowest BCUT2D eigenvalue weighted by molar-refractivity contribution is -0.120. The molecular weight excluding hydrogens is 340 g/mol. The molecule has 2 aromatic carbocycles. The normalized spacial score (nSPS) is 11.9. The molecule has 0 aliphatic heterocycles. The Morgan fingerprint density at radius 1 is 1.27 bits per heavy atom. The molecule has 1 atom stereocenters. The molecule has 0 saturated carbocycles. The number of nitriles is 1. The highest BCUT2D eigenvalue weighted by molar-refractivity contribution is 5.94. The Morgan fingerprint density at radius 3 is 2.58 bits per heavy atom. The number of carbonyl (C=O) groups is 1. The Kier molecular flexibility index (Phi) is 6.64. The summed E-state index contributed by atoms with van der Waals surface area (Å²) in [5.41, 5.74) is 1.89. The van der Waals surface area contributed by atoms with Crippen LogP contribution in [-0.2, 0) is 11.3 Å². The van der Waals surface area contributed by atoms with E-state index in [0.717, 1.165) is 5.56 Å². The second kappa shape index (κ2) is 8.92. The number of nitrogens with one attached hydrogen (secondary N) is 1. The predicted octanol–water partition coefficient (Wildman–Crippen LogP) is 3.62. The lowest BCUT2D eigenvalue weighted by atomic mass is 10.1. The van der Waals surface area contributed by atoms with Gasteiger partial charge in [0.1, 0.15) is 5.75 Å². The molecular formula is C19H19F2N3O2. The highest BCUT2D eigenvalue weighted by Crippen LogP contribution is 2.17. The SMILES string of the molecule is C[C@@H](C(=O)Nc1cccc(C#N)c1)N(C)Cc1ccc(OC(F)F)cc1. The van der Waals surface area contributed by atoms with Crippen molar-refractivity contribution in [1.82, 2.24) is 4.90 Å². The topological polar surface area (TPSA) is 65.4 Å². The highest BCUT2D eigenvalue weighted by Gasteiger charge is 2.18. The average molecular weight is 359 g/mol. The van der Waals surface area contributed by atoms with E-state index in [-0.39, 0.29) is 11.7 Å². The molecule has 0 unspecified atom stereocenters. The summed E-state index contributed by atoms with van der Waals surface area (Å²) < 4.78 is 28.6. The fraction of sp³-hybridized carbons (Fsp3) is 0.263. The summed E-state index contributed by atoms with van der Waals surface area (Å²) in [4.78, 5) is 14.2. The number of hydrogen-bond acceptors (Lipinski definition) is 4. The maximum Gasteiger partial charge on any atom is 0.387 e. The Bertz CT molecular complexity index is 788. The van der Waals surface area contributed by atoms with E-state index in [1.54, 1.807) is 50.4 Å². The minimum absolute atomic E-state index is 0.0922. The van der Waals surface area contributed by atoms with Crippen LogP contribution in [0, 0.1) is 11.3 Å². The van der Waals surface area contributed by atoms with Crippen LogP contribution in [0.15, 0.2) is 48.5 Å². The zero-order valence-electron chi connectivity index (χ0n) is 14.4. The molecule has 2 rings (SSSR count). The first-order valence-electron chi connectivity index (χ1n) is 7.94. The molecule has 1 amide bonds. The molecule has 0 heterocycles. The van der Waals surface area contributed by atoms with Crippen molar-refractivity contribution in [2.45, 2.75) is 26.1 Å². The summed E-state index contributed by atoms with van der Waals surface area (Å²) in [6.45, 7) is -0.633. The van der Waals surface area contributed by atoms with Crippen molar-refractivity contribution in [2.75, 3.05) is 12.4 Å². The van der Waals surface area contributed by atoms with Crippen molar-refractivity contribution >= 4 is 11.6 Å². The van der Waals surface area contributed by atoms with Crippen LogP contribution in [0.25, 0.3) is 0 Å². The molecule has 0 bridgehead atoms. The number of halogens is 2. The first-order chi connectivity index (χ1) is 12.4. The number of hydrogen-bond donors (Lipinski definition) is 1. The third-order valence-electron chi connectivity index (χ3n) is 3.88. The van der Waals surface area contributed by atoms with Crippen LogP contribution in [-0.4, -0.2) is 30.5 Å². The Hall–Kier alpha value is -2.98. The van der Waals surface area contributed by atoms with Crippen molar-refractivity contribution in [1.29, 1.82) is 5.26 Å². The lowest BCUT2D eigenvalue weighted by Gasteiger charge is -2.24. The van der Waals surface area contributed by atoms with E-state index in [0.29, 0.717) is 17.8 Å². The second-order valence-electron chi connectivity index (χ2n) is 5.80. The molecule has 0 aromatic heterocycles. The molecule has 1 N–H and O–H groups in total. The van der Waals surface area contributed by atoms with Crippen LogP contribution < -0.4 is 10.1 Å². The molecule has 26 heavy (non-hydrogen) atoms. The molecule has 136 valence electrons. The summed E-state index contributed by atoms with van der Waals surface area (Å²) in [6.07, 6.45) is 0. The summed E-state index contributed by atoms with van der Waals surface area (Å²) in [6, 6.07) is 14.6. The minimum atomic E-state index is -2.85. The summed E-state index contributed by atoms with van der Waals surface area (Å²) >= 11 is 0. The maximum absolute atomic E-state index is 12.4. The molecule has 2 aromatic rings. The number of alkyl halides is 2. The minimum Gasteiger partial charge on any atom is -0.435 e. The number of amides is 1. The van der Waals surface area contributed by atoms with Crippen molar-refractivity contribution in [3.63, 3.8) is 0 Å². The zero-order chi connectivity index (χ0) is 19.1. The van der Waals surface area contributed by atoms with Crippen LogP contribution in [0.1, 0.15) is 18.1 Å². The number of carbonyl (C=O) groups excluding carboxylic acids is 1. The molecule has 0 aliphatic carbocycles. The van der Waals surface area contributed by atoms with Gasteiger partial charge in [-0.1, -0.05) is 18.2 Å². The van der Waals surface area contributed by atoms with E-state index in [2.05, 4.69) is 10.1 Å². The monoisotopic (exact) mass is 359 g/mol. The maximum atomic E-state index is 12.4. The van der Waals surface area contributed by atoms with Gasteiger partial charge in [0, 0.05) is 12.2 Å². The molecule has 5 nitrogen and oxygen atoms in total. The number of likely N-dealkylation sites (N-methyl/N-ethyl adjacent to an activating group) is 1. The summed E-state index contributed by atoms with van der Waals surface area (Å²) in [5.74, 6) is -0.116. The van der Waals surface area contributed by atoms with E-state index in [4.69, 9.17) is 5.26 Å². The average Bonchev–Trinajstić information content (AvgIpc) is 2.62. The number of rotatable bonds is 7. The first-order valence-corrected chi connectivity index (χ1v) is 7.94. The molecule has 7 heteroatoms. The molecule has 0 fully saturated rings. The van der Waals surface area contributed by atoms with Crippen LogP contribution in [0.2, 0.25) is 0 Å². The van der Waals surface area contributed by atoms with Gasteiger partial charge < -0.3 is 10.1 Å². The van der Waals surface area contributed by atoms with E-state index in [1.165, 1.54) is 12.1 Å².